The molecule has 0 atom stereocenters. The zero-order chi connectivity index (χ0) is 30.2. The van der Waals surface area contributed by atoms with Crippen molar-refractivity contribution < 1.29 is 0 Å². The molecule has 8 rings (SSSR count). The minimum absolute atomic E-state index is 0.934. The van der Waals surface area contributed by atoms with E-state index in [9.17, 15) is 0 Å². The lowest BCUT2D eigenvalue weighted by molar-refractivity contribution is 0.453. The van der Waals surface area contributed by atoms with Gasteiger partial charge in [-0.1, -0.05) is 127 Å². The van der Waals surface area contributed by atoms with Crippen LogP contribution in [0.2, 0.25) is 0 Å². The van der Waals surface area contributed by atoms with Gasteiger partial charge < -0.3 is 9.80 Å². The maximum atomic E-state index is 2.45. The number of hydrogen-bond donors (Lipinski definition) is 0. The standard InChI is InChI=1S/C42H32N2S/c1-43-28-27-37-38-16-10-18-40(42(38)45-41(37)29-43)44(39-17-9-8-15-36(39)34-13-6-3-7-14-34)35-25-23-33(24-26-35)32-21-19-31(20-22-32)30-11-4-2-5-12-30/h2-28H,29H2,1H3. The summed E-state index contributed by atoms with van der Waals surface area (Å²) in [6.07, 6.45) is 4.45. The molecule has 0 radical (unpaired) electrons. The molecule has 0 bridgehead atoms. The molecule has 1 aliphatic rings. The molecule has 2 heterocycles. The third kappa shape index (κ3) is 5.12. The summed E-state index contributed by atoms with van der Waals surface area (Å²) in [6, 6.07) is 54.7. The molecule has 3 heteroatoms. The van der Waals surface area contributed by atoms with Crippen LogP contribution < -0.4 is 4.90 Å². The Bertz CT molecular complexity index is 2130. The molecule has 45 heavy (non-hydrogen) atoms. The number of hydrogen-bond acceptors (Lipinski definition) is 3. The fourth-order valence-electron chi connectivity index (χ4n) is 6.36. The number of para-hydroxylation sites is 1. The van der Waals surface area contributed by atoms with Gasteiger partial charge in [-0.05, 0) is 69.9 Å². The van der Waals surface area contributed by atoms with Crippen molar-refractivity contribution in [2.24, 2.45) is 0 Å². The van der Waals surface area contributed by atoms with Crippen LogP contribution in [0.5, 0.6) is 0 Å². The summed E-state index contributed by atoms with van der Waals surface area (Å²) in [5.74, 6) is 0. The van der Waals surface area contributed by atoms with Crippen LogP contribution in [0.15, 0.2) is 158 Å². The van der Waals surface area contributed by atoms with E-state index in [1.807, 2.05) is 11.3 Å². The molecule has 1 aromatic heterocycles. The molecule has 7 aromatic rings. The quantitative estimate of drug-likeness (QED) is 0.188. The summed E-state index contributed by atoms with van der Waals surface area (Å²) in [6.45, 7) is 0.934. The van der Waals surface area contributed by atoms with Gasteiger partial charge in [0.1, 0.15) is 0 Å². The predicted octanol–water partition coefficient (Wildman–Crippen LogP) is 11.8. The van der Waals surface area contributed by atoms with Gasteiger partial charge in [0.25, 0.3) is 0 Å². The van der Waals surface area contributed by atoms with E-state index in [-0.39, 0.29) is 0 Å². The second kappa shape index (κ2) is 11.6. The van der Waals surface area contributed by atoms with Crippen molar-refractivity contribution in [3.63, 3.8) is 0 Å². The molecule has 0 saturated heterocycles. The van der Waals surface area contributed by atoms with Crippen LogP contribution in [0.25, 0.3) is 49.5 Å². The Morgan fingerprint density at radius 2 is 1.09 bits per heavy atom. The SMILES string of the molecule is CN1C=Cc2c(sc3c(N(c4ccc(-c5ccc(-c6ccccc6)cc5)cc4)c4ccccc4-c4ccccc4)cccc23)C1. The normalized spacial score (nSPS) is 12.3. The molecule has 0 N–H and O–H groups in total. The number of benzene rings is 6. The summed E-state index contributed by atoms with van der Waals surface area (Å²) in [7, 11) is 2.14. The maximum Gasteiger partial charge on any atom is 0.0640 e. The van der Waals surface area contributed by atoms with E-state index in [0.717, 1.165) is 17.9 Å². The minimum atomic E-state index is 0.934. The van der Waals surface area contributed by atoms with Gasteiger partial charge in [-0.2, -0.15) is 0 Å². The largest absolute Gasteiger partial charge is 0.375 e. The molecule has 0 unspecified atom stereocenters. The highest BCUT2D eigenvalue weighted by Crippen LogP contribution is 2.47. The predicted molar refractivity (Wildman–Crippen MR) is 193 cm³/mol. The first-order valence-electron chi connectivity index (χ1n) is 15.4. The highest BCUT2D eigenvalue weighted by atomic mass is 32.1. The van der Waals surface area contributed by atoms with Gasteiger partial charge >= 0.3 is 0 Å². The van der Waals surface area contributed by atoms with Crippen molar-refractivity contribution in [1.82, 2.24) is 4.90 Å². The topological polar surface area (TPSA) is 6.48 Å². The molecule has 0 fully saturated rings. The monoisotopic (exact) mass is 596 g/mol. The van der Waals surface area contributed by atoms with Gasteiger partial charge in [0.05, 0.1) is 22.6 Å². The Hall–Kier alpha value is -5.38. The van der Waals surface area contributed by atoms with Gasteiger partial charge in [-0.25, -0.2) is 0 Å². The highest BCUT2D eigenvalue weighted by molar-refractivity contribution is 7.20. The summed E-state index contributed by atoms with van der Waals surface area (Å²) in [5, 5.41) is 1.31. The van der Waals surface area contributed by atoms with Crippen LogP contribution in [-0.2, 0) is 6.54 Å². The van der Waals surface area contributed by atoms with Gasteiger partial charge in [0.2, 0.25) is 0 Å². The Balaban J connectivity index is 1.25. The van der Waals surface area contributed by atoms with Crippen molar-refractivity contribution in [2.45, 2.75) is 6.54 Å². The molecular weight excluding hydrogens is 565 g/mol. The van der Waals surface area contributed by atoms with Crippen molar-refractivity contribution in [3.8, 4) is 33.4 Å². The molecule has 2 nitrogen and oxygen atoms in total. The summed E-state index contributed by atoms with van der Waals surface area (Å²) < 4.78 is 1.31. The fraction of sp³-hybridized carbons (Fsp3) is 0.0476. The molecule has 216 valence electrons. The van der Waals surface area contributed by atoms with Crippen LogP contribution in [-0.4, -0.2) is 11.9 Å². The molecule has 1 aliphatic heterocycles. The van der Waals surface area contributed by atoms with E-state index in [1.54, 1.807) is 0 Å². The third-order valence-electron chi connectivity index (χ3n) is 8.62. The number of fused-ring (bicyclic) bond motifs is 3. The zero-order valence-electron chi connectivity index (χ0n) is 25.1. The lowest BCUT2D eigenvalue weighted by Gasteiger charge is -2.28. The lowest BCUT2D eigenvalue weighted by atomic mass is 9.99. The van der Waals surface area contributed by atoms with Crippen LogP contribution in [0.3, 0.4) is 0 Å². The Morgan fingerprint density at radius 3 is 1.78 bits per heavy atom. The Labute approximate surface area is 268 Å². The third-order valence-corrected chi connectivity index (χ3v) is 9.85. The van der Waals surface area contributed by atoms with Crippen LogP contribution in [0.4, 0.5) is 17.1 Å². The zero-order valence-corrected chi connectivity index (χ0v) is 25.9. The van der Waals surface area contributed by atoms with Crippen molar-refractivity contribution >= 4 is 44.6 Å². The van der Waals surface area contributed by atoms with E-state index in [0.29, 0.717) is 0 Å². The van der Waals surface area contributed by atoms with E-state index >= 15 is 0 Å². The first-order chi connectivity index (χ1) is 22.2. The van der Waals surface area contributed by atoms with E-state index in [4.69, 9.17) is 0 Å². The molecule has 6 aromatic carbocycles. The van der Waals surface area contributed by atoms with Gasteiger partial charge in [-0.3, -0.25) is 0 Å². The fourth-order valence-corrected chi connectivity index (χ4v) is 7.71. The number of rotatable bonds is 6. The molecule has 0 saturated carbocycles. The first-order valence-corrected chi connectivity index (χ1v) is 16.2. The second-order valence-electron chi connectivity index (χ2n) is 11.5. The average molecular weight is 597 g/mol. The number of nitrogens with zero attached hydrogens (tertiary/aromatic N) is 2. The Kier molecular flexibility index (Phi) is 7.01. The summed E-state index contributed by atoms with van der Waals surface area (Å²) in [5.41, 5.74) is 12.1. The van der Waals surface area contributed by atoms with Gasteiger partial charge in [-0.15, -0.1) is 11.3 Å². The first kappa shape index (κ1) is 27.2. The molecule has 0 amide bonds. The minimum Gasteiger partial charge on any atom is -0.375 e. The highest BCUT2D eigenvalue weighted by Gasteiger charge is 2.23. The van der Waals surface area contributed by atoms with Crippen molar-refractivity contribution in [2.75, 3.05) is 11.9 Å². The van der Waals surface area contributed by atoms with Crippen molar-refractivity contribution in [1.29, 1.82) is 0 Å². The average Bonchev–Trinajstić information content (AvgIpc) is 3.48. The second-order valence-corrected chi connectivity index (χ2v) is 12.6. The van der Waals surface area contributed by atoms with Crippen LogP contribution in [0.1, 0.15) is 10.4 Å². The molecular formula is C42H32N2S. The van der Waals surface area contributed by atoms with Gasteiger partial charge in [0, 0.05) is 28.6 Å². The van der Waals surface area contributed by atoms with E-state index in [1.165, 1.54) is 59.6 Å². The summed E-state index contributed by atoms with van der Waals surface area (Å²) >= 11 is 1.91. The van der Waals surface area contributed by atoms with E-state index in [2.05, 4.69) is 181 Å². The van der Waals surface area contributed by atoms with Gasteiger partial charge in [0.15, 0.2) is 0 Å². The van der Waals surface area contributed by atoms with Crippen molar-refractivity contribution in [3.05, 3.63) is 168 Å². The summed E-state index contributed by atoms with van der Waals surface area (Å²) in [4.78, 5) is 6.11. The Morgan fingerprint density at radius 1 is 0.533 bits per heavy atom. The lowest BCUT2D eigenvalue weighted by Crippen LogP contribution is -2.12. The molecule has 0 aliphatic carbocycles. The van der Waals surface area contributed by atoms with Crippen LogP contribution in [0, 0.1) is 0 Å². The smallest absolute Gasteiger partial charge is 0.0640 e. The number of anilines is 3. The van der Waals surface area contributed by atoms with Crippen LogP contribution >= 0.6 is 11.3 Å². The molecule has 0 spiro atoms. The number of thiophene rings is 1. The maximum absolute atomic E-state index is 2.45. The van der Waals surface area contributed by atoms with E-state index < -0.39 is 0 Å².